The van der Waals surface area contributed by atoms with Crippen LogP contribution in [0.5, 0.6) is 11.5 Å². The highest BCUT2D eigenvalue weighted by atomic mass is 79.9. The van der Waals surface area contributed by atoms with Crippen molar-refractivity contribution in [3.05, 3.63) is 74.3 Å². The third-order valence-electron chi connectivity index (χ3n) is 4.15. The SMILES string of the molecule is C=CCOc1c(Br)cc(/C=C2\SC(=O)N(Cc3c(F)cccc3Cl)C2=O)cc1OC. The van der Waals surface area contributed by atoms with Crippen molar-refractivity contribution >= 4 is 56.5 Å². The summed E-state index contributed by atoms with van der Waals surface area (Å²) in [7, 11) is 1.50. The quantitative estimate of drug-likeness (QED) is 0.334. The number of carbonyl (C=O) groups excluding carboxylic acids is 2. The average molecular weight is 513 g/mol. The van der Waals surface area contributed by atoms with Crippen molar-refractivity contribution < 1.29 is 23.5 Å². The van der Waals surface area contributed by atoms with Crippen molar-refractivity contribution in [1.29, 1.82) is 0 Å². The lowest BCUT2D eigenvalue weighted by Crippen LogP contribution is -2.28. The fourth-order valence-electron chi connectivity index (χ4n) is 2.73. The van der Waals surface area contributed by atoms with E-state index in [1.165, 1.54) is 25.3 Å². The zero-order valence-corrected chi connectivity index (χ0v) is 18.9. The Labute approximate surface area is 190 Å². The van der Waals surface area contributed by atoms with E-state index < -0.39 is 17.0 Å². The van der Waals surface area contributed by atoms with E-state index in [1.54, 1.807) is 24.3 Å². The van der Waals surface area contributed by atoms with Gasteiger partial charge in [0.15, 0.2) is 11.5 Å². The molecule has 0 bridgehead atoms. The first-order chi connectivity index (χ1) is 14.3. The van der Waals surface area contributed by atoms with E-state index >= 15 is 0 Å². The molecule has 2 aromatic rings. The summed E-state index contributed by atoms with van der Waals surface area (Å²) in [6.45, 7) is 3.67. The number of rotatable bonds is 7. The third kappa shape index (κ3) is 4.71. The van der Waals surface area contributed by atoms with Crippen molar-refractivity contribution in [2.24, 2.45) is 0 Å². The second-order valence-electron chi connectivity index (χ2n) is 6.10. The van der Waals surface area contributed by atoms with E-state index in [0.717, 1.165) is 16.7 Å². The third-order valence-corrected chi connectivity index (χ3v) is 6.00. The summed E-state index contributed by atoms with van der Waals surface area (Å²) in [4.78, 5) is 26.3. The molecule has 1 aliphatic rings. The molecule has 1 fully saturated rings. The lowest BCUT2D eigenvalue weighted by atomic mass is 10.1. The van der Waals surface area contributed by atoms with E-state index in [9.17, 15) is 14.0 Å². The molecule has 1 aliphatic heterocycles. The van der Waals surface area contributed by atoms with Gasteiger partial charge in [0.25, 0.3) is 11.1 Å². The smallest absolute Gasteiger partial charge is 0.293 e. The van der Waals surface area contributed by atoms with Crippen LogP contribution in [0.25, 0.3) is 6.08 Å². The molecule has 0 N–H and O–H groups in total. The first kappa shape index (κ1) is 22.4. The second kappa shape index (κ2) is 9.68. The van der Waals surface area contributed by atoms with Gasteiger partial charge in [0.1, 0.15) is 12.4 Å². The molecule has 2 aromatic carbocycles. The van der Waals surface area contributed by atoms with E-state index in [-0.39, 0.29) is 22.0 Å². The Balaban J connectivity index is 1.88. The standard InChI is InChI=1S/C21H16BrClFNO4S/c1-3-7-29-19-14(22)8-12(9-17(19)28-2)10-18-20(26)25(21(27)30-18)11-13-15(23)5-4-6-16(13)24/h3-6,8-10H,1,7,11H2,2H3/b18-10-. The van der Waals surface area contributed by atoms with Crippen LogP contribution in [0.15, 0.2) is 52.4 Å². The van der Waals surface area contributed by atoms with Crippen LogP contribution in [-0.4, -0.2) is 29.8 Å². The number of ether oxygens (including phenoxy) is 2. The highest BCUT2D eigenvalue weighted by Crippen LogP contribution is 2.39. The Bertz CT molecular complexity index is 1040. The molecule has 0 aliphatic carbocycles. The number of hydrogen-bond acceptors (Lipinski definition) is 5. The van der Waals surface area contributed by atoms with Gasteiger partial charge in [-0.15, -0.1) is 0 Å². The maximum atomic E-state index is 14.1. The van der Waals surface area contributed by atoms with Gasteiger partial charge in [-0.05, 0) is 63.6 Å². The molecular formula is C21H16BrClFNO4S. The Kier molecular flexibility index (Phi) is 7.23. The monoisotopic (exact) mass is 511 g/mol. The molecule has 30 heavy (non-hydrogen) atoms. The minimum absolute atomic E-state index is 0.0934. The highest BCUT2D eigenvalue weighted by Gasteiger charge is 2.36. The van der Waals surface area contributed by atoms with Crippen LogP contribution < -0.4 is 9.47 Å². The highest BCUT2D eigenvalue weighted by molar-refractivity contribution is 9.10. The summed E-state index contributed by atoms with van der Waals surface area (Å²) in [6.07, 6.45) is 3.18. The summed E-state index contributed by atoms with van der Waals surface area (Å²) in [6, 6.07) is 7.63. The lowest BCUT2D eigenvalue weighted by Gasteiger charge is -2.14. The summed E-state index contributed by atoms with van der Waals surface area (Å²) < 4.78 is 25.6. The predicted octanol–water partition coefficient (Wildman–Crippen LogP) is 6.05. The molecule has 0 aromatic heterocycles. The molecular weight excluding hydrogens is 497 g/mol. The first-order valence-corrected chi connectivity index (χ1v) is 10.6. The molecule has 2 amide bonds. The van der Waals surface area contributed by atoms with Crippen LogP contribution in [-0.2, 0) is 11.3 Å². The minimum Gasteiger partial charge on any atom is -0.493 e. The zero-order chi connectivity index (χ0) is 21.8. The van der Waals surface area contributed by atoms with E-state index in [2.05, 4.69) is 22.5 Å². The Morgan fingerprint density at radius 1 is 1.33 bits per heavy atom. The van der Waals surface area contributed by atoms with Gasteiger partial charge >= 0.3 is 0 Å². The topological polar surface area (TPSA) is 55.8 Å². The fraction of sp³-hybridized carbons (Fsp3) is 0.143. The number of methoxy groups -OCH3 is 1. The van der Waals surface area contributed by atoms with E-state index in [0.29, 0.717) is 28.1 Å². The maximum Gasteiger partial charge on any atom is 0.293 e. The molecule has 0 atom stereocenters. The van der Waals surface area contributed by atoms with Crippen molar-refractivity contribution in [2.75, 3.05) is 13.7 Å². The number of amides is 2. The summed E-state index contributed by atoms with van der Waals surface area (Å²) in [5.41, 5.74) is 0.718. The number of imide groups is 1. The van der Waals surface area contributed by atoms with Gasteiger partial charge in [-0.25, -0.2) is 4.39 Å². The van der Waals surface area contributed by atoms with E-state index in [1.807, 2.05) is 0 Å². The van der Waals surface area contributed by atoms with Crippen LogP contribution in [0, 0.1) is 5.82 Å². The van der Waals surface area contributed by atoms with Crippen molar-refractivity contribution in [1.82, 2.24) is 4.90 Å². The molecule has 9 heteroatoms. The van der Waals surface area contributed by atoms with Gasteiger partial charge < -0.3 is 9.47 Å². The van der Waals surface area contributed by atoms with Crippen LogP contribution in [0.4, 0.5) is 9.18 Å². The largest absolute Gasteiger partial charge is 0.493 e. The number of hydrogen-bond donors (Lipinski definition) is 0. The number of thioether (sulfide) groups is 1. The van der Waals surface area contributed by atoms with Crippen molar-refractivity contribution in [3.8, 4) is 11.5 Å². The fourth-order valence-corrected chi connectivity index (χ4v) is 4.37. The summed E-state index contributed by atoms with van der Waals surface area (Å²) in [5.74, 6) is -0.146. The summed E-state index contributed by atoms with van der Waals surface area (Å²) in [5, 5.41) is -0.343. The van der Waals surface area contributed by atoms with Gasteiger partial charge in [-0.3, -0.25) is 14.5 Å². The number of benzene rings is 2. The summed E-state index contributed by atoms with van der Waals surface area (Å²) >= 11 is 10.2. The molecule has 1 saturated heterocycles. The number of carbonyl (C=O) groups is 2. The molecule has 1 heterocycles. The molecule has 0 radical (unpaired) electrons. The Morgan fingerprint density at radius 2 is 2.10 bits per heavy atom. The maximum absolute atomic E-state index is 14.1. The van der Waals surface area contributed by atoms with Crippen molar-refractivity contribution in [2.45, 2.75) is 6.54 Å². The van der Waals surface area contributed by atoms with Crippen molar-refractivity contribution in [3.63, 3.8) is 0 Å². The molecule has 3 rings (SSSR count). The Morgan fingerprint density at radius 3 is 2.77 bits per heavy atom. The van der Waals surface area contributed by atoms with E-state index in [4.69, 9.17) is 21.1 Å². The van der Waals surface area contributed by atoms with Crippen LogP contribution in [0.2, 0.25) is 5.02 Å². The lowest BCUT2D eigenvalue weighted by molar-refractivity contribution is -0.123. The van der Waals surface area contributed by atoms with Gasteiger partial charge in [0.2, 0.25) is 0 Å². The van der Waals surface area contributed by atoms with Gasteiger partial charge in [-0.2, -0.15) is 0 Å². The van der Waals surface area contributed by atoms with Gasteiger partial charge in [0, 0.05) is 10.6 Å². The number of nitrogens with zero attached hydrogens (tertiary/aromatic N) is 1. The Hall–Kier alpha value is -2.29. The average Bonchev–Trinajstić information content (AvgIpc) is 2.96. The van der Waals surface area contributed by atoms with Crippen LogP contribution in [0.1, 0.15) is 11.1 Å². The zero-order valence-electron chi connectivity index (χ0n) is 15.8. The first-order valence-electron chi connectivity index (χ1n) is 8.65. The predicted molar refractivity (Wildman–Crippen MR) is 119 cm³/mol. The van der Waals surface area contributed by atoms with Crippen LogP contribution >= 0.6 is 39.3 Å². The minimum atomic E-state index is -0.575. The van der Waals surface area contributed by atoms with Gasteiger partial charge in [0.05, 0.1) is 23.0 Å². The molecule has 5 nitrogen and oxygen atoms in total. The van der Waals surface area contributed by atoms with Crippen LogP contribution in [0.3, 0.4) is 0 Å². The molecule has 0 unspecified atom stereocenters. The molecule has 0 spiro atoms. The number of halogens is 3. The second-order valence-corrected chi connectivity index (χ2v) is 8.36. The normalized spacial score (nSPS) is 15.1. The molecule has 156 valence electrons. The van der Waals surface area contributed by atoms with Gasteiger partial charge in [-0.1, -0.05) is 30.3 Å². The molecule has 0 saturated carbocycles.